The van der Waals surface area contributed by atoms with E-state index >= 15 is 0 Å². The molecule has 0 saturated carbocycles. The van der Waals surface area contributed by atoms with Crippen LogP contribution in [0.1, 0.15) is 17.0 Å². The minimum atomic E-state index is 0.514. The molecule has 0 aliphatic heterocycles. The maximum Gasteiger partial charge on any atom is 0.156 e. The summed E-state index contributed by atoms with van der Waals surface area (Å²) in [6.07, 6.45) is 5.65. The van der Waals surface area contributed by atoms with E-state index in [0.29, 0.717) is 11.4 Å². The fourth-order valence-electron chi connectivity index (χ4n) is 2.78. The molecule has 0 amide bonds. The average Bonchev–Trinajstić information content (AvgIpc) is 3.05. The number of hydrogen-bond donors (Lipinski definition) is 0. The van der Waals surface area contributed by atoms with E-state index in [1.54, 1.807) is 18.3 Å². The summed E-state index contributed by atoms with van der Waals surface area (Å²) >= 11 is 0. The molecule has 2 aromatic carbocycles. The third-order valence-electron chi connectivity index (χ3n) is 3.93. The molecule has 0 fully saturated rings. The molecule has 0 N–H and O–H groups in total. The Morgan fingerprint density at radius 1 is 0.880 bits per heavy atom. The predicted octanol–water partition coefficient (Wildman–Crippen LogP) is 4.46. The minimum Gasteiger partial charge on any atom is -0.276 e. The lowest BCUT2D eigenvalue weighted by molar-refractivity contribution is 0.998. The van der Waals surface area contributed by atoms with E-state index in [1.807, 2.05) is 71.3 Å². The van der Waals surface area contributed by atoms with Crippen LogP contribution < -0.4 is 0 Å². The summed E-state index contributed by atoms with van der Waals surface area (Å²) < 4.78 is 1.92. The summed E-state index contributed by atoms with van der Waals surface area (Å²) in [6, 6.07) is 23.6. The van der Waals surface area contributed by atoms with Crippen molar-refractivity contribution in [2.24, 2.45) is 0 Å². The van der Waals surface area contributed by atoms with Gasteiger partial charge >= 0.3 is 0 Å². The van der Waals surface area contributed by atoms with Crippen molar-refractivity contribution >= 4 is 23.2 Å². The van der Waals surface area contributed by atoms with Gasteiger partial charge in [-0.25, -0.2) is 9.97 Å². The molecule has 0 radical (unpaired) electrons. The highest BCUT2D eigenvalue weighted by atomic mass is 15.1. The fourth-order valence-corrected chi connectivity index (χ4v) is 2.78. The zero-order chi connectivity index (χ0) is 17.1. The monoisotopic (exact) mass is 322 g/mol. The Bertz CT molecular complexity index is 1100. The van der Waals surface area contributed by atoms with E-state index in [0.717, 1.165) is 22.4 Å². The van der Waals surface area contributed by atoms with Crippen molar-refractivity contribution in [3.63, 3.8) is 0 Å². The molecule has 25 heavy (non-hydrogen) atoms. The summed E-state index contributed by atoms with van der Waals surface area (Å²) in [7, 11) is 0. The molecule has 0 bridgehead atoms. The minimum absolute atomic E-state index is 0.514. The third-order valence-corrected chi connectivity index (χ3v) is 3.93. The molecule has 0 atom stereocenters. The highest BCUT2D eigenvalue weighted by Gasteiger charge is 2.14. The van der Waals surface area contributed by atoms with Crippen molar-refractivity contribution in [1.29, 1.82) is 5.26 Å². The molecule has 4 rings (SSSR count). The number of fused-ring (bicyclic) bond motifs is 1. The molecular formula is C21H14N4. The van der Waals surface area contributed by atoms with Crippen molar-refractivity contribution in [3.8, 4) is 11.9 Å². The van der Waals surface area contributed by atoms with Crippen LogP contribution in [0.25, 0.3) is 29.0 Å². The molecule has 0 aliphatic rings. The van der Waals surface area contributed by atoms with Crippen molar-refractivity contribution < 1.29 is 0 Å². The average molecular weight is 322 g/mol. The third kappa shape index (κ3) is 2.79. The maximum atomic E-state index is 9.45. The number of imidazole rings is 1. The number of aromatic nitrogens is 3. The first kappa shape index (κ1) is 14.9. The van der Waals surface area contributed by atoms with Gasteiger partial charge in [-0.3, -0.25) is 4.57 Å². The largest absolute Gasteiger partial charge is 0.276 e. The topological polar surface area (TPSA) is 54.5 Å². The first-order valence-corrected chi connectivity index (χ1v) is 7.93. The maximum absolute atomic E-state index is 9.45. The van der Waals surface area contributed by atoms with Crippen molar-refractivity contribution in [2.75, 3.05) is 0 Å². The second kappa shape index (κ2) is 6.42. The fraction of sp³-hybridized carbons (Fsp3) is 0. The van der Waals surface area contributed by atoms with E-state index in [9.17, 15) is 5.26 Å². The van der Waals surface area contributed by atoms with Crippen LogP contribution in [0.2, 0.25) is 0 Å². The number of nitriles is 1. The SMILES string of the molecule is N#Cc1cccnc1-n1c(/C=C/c2ccccc2)nc2ccccc21. The van der Waals surface area contributed by atoms with Gasteiger partial charge in [0, 0.05) is 6.20 Å². The van der Waals surface area contributed by atoms with Crippen LogP contribution in [-0.2, 0) is 0 Å². The Kier molecular flexibility index (Phi) is 3.82. The highest BCUT2D eigenvalue weighted by molar-refractivity contribution is 5.82. The normalized spacial score (nSPS) is 11.0. The van der Waals surface area contributed by atoms with E-state index in [-0.39, 0.29) is 0 Å². The van der Waals surface area contributed by atoms with E-state index in [1.165, 1.54) is 0 Å². The van der Waals surface area contributed by atoms with E-state index in [2.05, 4.69) is 11.1 Å². The van der Waals surface area contributed by atoms with Gasteiger partial charge in [0.15, 0.2) is 5.82 Å². The van der Waals surface area contributed by atoms with Gasteiger partial charge in [0.2, 0.25) is 0 Å². The van der Waals surface area contributed by atoms with E-state index < -0.39 is 0 Å². The van der Waals surface area contributed by atoms with Gasteiger partial charge in [-0.15, -0.1) is 0 Å². The van der Waals surface area contributed by atoms with Gasteiger partial charge in [-0.2, -0.15) is 5.26 Å². The van der Waals surface area contributed by atoms with E-state index in [4.69, 9.17) is 4.98 Å². The molecule has 0 unspecified atom stereocenters. The second-order valence-electron chi connectivity index (χ2n) is 5.52. The van der Waals surface area contributed by atoms with Crippen LogP contribution >= 0.6 is 0 Å². The first-order chi connectivity index (χ1) is 12.4. The van der Waals surface area contributed by atoms with Crippen molar-refractivity contribution in [3.05, 3.63) is 89.9 Å². The molecule has 2 heterocycles. The van der Waals surface area contributed by atoms with Gasteiger partial charge in [-0.05, 0) is 35.9 Å². The number of hydrogen-bond acceptors (Lipinski definition) is 3. The number of para-hydroxylation sites is 2. The summed E-state index contributed by atoms with van der Waals surface area (Å²) in [5.74, 6) is 1.33. The molecule has 2 aromatic heterocycles. The van der Waals surface area contributed by atoms with Crippen LogP contribution in [-0.4, -0.2) is 14.5 Å². The first-order valence-electron chi connectivity index (χ1n) is 7.93. The summed E-state index contributed by atoms with van der Waals surface area (Å²) in [6.45, 7) is 0. The second-order valence-corrected chi connectivity index (χ2v) is 5.52. The number of benzene rings is 2. The van der Waals surface area contributed by atoms with Gasteiger partial charge in [0.25, 0.3) is 0 Å². The lowest BCUT2D eigenvalue weighted by Gasteiger charge is -2.07. The summed E-state index contributed by atoms with van der Waals surface area (Å²) in [5.41, 5.74) is 3.39. The Balaban J connectivity index is 1.93. The van der Waals surface area contributed by atoms with Crippen LogP contribution in [0, 0.1) is 11.3 Å². The van der Waals surface area contributed by atoms with Gasteiger partial charge in [-0.1, -0.05) is 48.5 Å². The standard InChI is InChI=1S/C21H14N4/c22-15-17-9-6-14-23-21(17)25-19-11-5-4-10-18(19)24-20(25)13-12-16-7-2-1-3-8-16/h1-14H/b13-12+. The van der Waals surface area contributed by atoms with Gasteiger partial charge < -0.3 is 0 Å². The quantitative estimate of drug-likeness (QED) is 0.559. The molecule has 0 aliphatic carbocycles. The number of rotatable bonds is 3. The molecule has 4 aromatic rings. The number of nitrogens with zero attached hydrogens (tertiary/aromatic N) is 4. The van der Waals surface area contributed by atoms with Gasteiger partial charge in [0.1, 0.15) is 11.9 Å². The molecule has 4 heteroatoms. The molecule has 4 nitrogen and oxygen atoms in total. The van der Waals surface area contributed by atoms with Crippen LogP contribution in [0.15, 0.2) is 72.9 Å². The van der Waals surface area contributed by atoms with Crippen LogP contribution in [0.3, 0.4) is 0 Å². The van der Waals surface area contributed by atoms with Crippen LogP contribution in [0.5, 0.6) is 0 Å². The Morgan fingerprint density at radius 3 is 2.52 bits per heavy atom. The van der Waals surface area contributed by atoms with Crippen molar-refractivity contribution in [2.45, 2.75) is 0 Å². The summed E-state index contributed by atoms with van der Waals surface area (Å²) in [5, 5.41) is 9.45. The van der Waals surface area contributed by atoms with Crippen molar-refractivity contribution in [1.82, 2.24) is 14.5 Å². The highest BCUT2D eigenvalue weighted by Crippen LogP contribution is 2.23. The molecule has 0 saturated heterocycles. The Labute approximate surface area is 145 Å². The van der Waals surface area contributed by atoms with Gasteiger partial charge in [0.05, 0.1) is 16.6 Å². The Morgan fingerprint density at radius 2 is 1.68 bits per heavy atom. The Hall–Kier alpha value is -3.71. The number of pyridine rings is 1. The predicted molar refractivity (Wildman–Crippen MR) is 99.0 cm³/mol. The zero-order valence-corrected chi connectivity index (χ0v) is 13.4. The molecule has 118 valence electrons. The lowest BCUT2D eigenvalue weighted by Crippen LogP contribution is -2.02. The molecule has 0 spiro atoms. The smallest absolute Gasteiger partial charge is 0.156 e. The zero-order valence-electron chi connectivity index (χ0n) is 13.4. The molecular weight excluding hydrogens is 308 g/mol. The lowest BCUT2D eigenvalue weighted by atomic mass is 10.2. The summed E-state index contributed by atoms with van der Waals surface area (Å²) in [4.78, 5) is 9.13. The van der Waals surface area contributed by atoms with Crippen LogP contribution in [0.4, 0.5) is 0 Å².